The van der Waals surface area contributed by atoms with Crippen LogP contribution in [0.15, 0.2) is 92.5 Å². The lowest BCUT2D eigenvalue weighted by atomic mass is 9.83. The molecule has 2 fully saturated rings. The zero-order valence-electron chi connectivity index (χ0n) is 45.4. The van der Waals surface area contributed by atoms with Crippen LogP contribution in [0.1, 0.15) is 153 Å². The number of H-pyrrole nitrogens is 2. The van der Waals surface area contributed by atoms with Crippen LogP contribution >= 0.6 is 0 Å². The van der Waals surface area contributed by atoms with Gasteiger partial charge in [-0.2, -0.15) is 0 Å². The average Bonchev–Trinajstić information content (AvgIpc) is 3.69. The summed E-state index contributed by atoms with van der Waals surface area (Å²) in [4.78, 5) is 50.0. The number of hydrogen-bond acceptors (Lipinski definition) is 8. The quantitative estimate of drug-likeness (QED) is 0.0781. The standard InChI is InChI=1S/C34H43FN4O2.C18H28FN2O.C6H8N2O2/c1-7-20(2)32(37-26-14-21(3)31(35)22(4)15-26)27-19-39(12-10-28(27)36)33(40)30-17-25-16-23(8-9-29(25)38-30)24-11-13-41-34(5,6)18-24;1-7-12-20(15(5)22)18-11-10-16(13-17(18)19)21(6,9-3)14(4)8-2;1-3-2-4(3)5-7-6(9)10-8-5/h8-9,14-17,20,24,38H,7,10-13,18-19,36H2,1-6H3;7,10-14H,8-9H2,1-6H3;3-4H,2H2,1H3,(H,7,8,9)/q;+1;/b;12-7-;. The molecule has 394 valence electrons. The minimum absolute atomic E-state index is 0.0445. The van der Waals surface area contributed by atoms with Crippen molar-refractivity contribution in [1.82, 2.24) is 24.5 Å². The topological polar surface area (TPSA) is 163 Å². The SMILES string of the molecule is C/C=C\N(C(C)=O)c1ccc([N+](C)(CC)C(C)CC)cc1F.CC1CC1c1noc(=O)[nH]1.CCC(C)C(=Nc1cc(C)c(F)c(C)c1)C1=C(N)CCN(C(=O)c2cc3cc(C4CCOC(C)(C)C4)ccc3[nH]2)C1. The van der Waals surface area contributed by atoms with Crippen molar-refractivity contribution in [2.75, 3.05) is 38.2 Å². The molecular weight excluding hydrogens is 927 g/mol. The summed E-state index contributed by atoms with van der Waals surface area (Å²) in [7, 11) is 2.12. The van der Waals surface area contributed by atoms with Gasteiger partial charge in [0.2, 0.25) is 5.91 Å². The molecule has 73 heavy (non-hydrogen) atoms. The zero-order chi connectivity index (χ0) is 53.5. The molecule has 1 aliphatic carbocycles. The molecule has 15 heteroatoms. The predicted octanol–water partition coefficient (Wildman–Crippen LogP) is 12.4. The lowest BCUT2D eigenvalue weighted by Crippen LogP contribution is -2.51. The normalized spacial score (nSPS) is 20.4. The van der Waals surface area contributed by atoms with Gasteiger partial charge in [-0.25, -0.2) is 13.6 Å². The van der Waals surface area contributed by atoms with Gasteiger partial charge >= 0.3 is 5.76 Å². The fourth-order valence-corrected chi connectivity index (χ4v) is 9.97. The number of aromatic amines is 2. The van der Waals surface area contributed by atoms with E-state index in [9.17, 15) is 23.2 Å². The maximum absolute atomic E-state index is 14.6. The molecule has 2 aliphatic heterocycles. The van der Waals surface area contributed by atoms with Crippen molar-refractivity contribution >= 4 is 45.5 Å². The number of carbonyl (C=O) groups is 2. The number of carbonyl (C=O) groups excluding carboxylic acids is 2. The number of rotatable bonds is 13. The minimum Gasteiger partial charge on any atom is -0.402 e. The monoisotopic (exact) mass is 1010 g/mol. The van der Waals surface area contributed by atoms with Gasteiger partial charge in [0.15, 0.2) is 11.6 Å². The van der Waals surface area contributed by atoms with Crippen LogP contribution in [0.3, 0.4) is 0 Å². The number of halogens is 2. The fourth-order valence-electron chi connectivity index (χ4n) is 9.97. The van der Waals surface area contributed by atoms with Crippen molar-refractivity contribution in [2.24, 2.45) is 22.6 Å². The molecule has 0 bridgehead atoms. The first-order valence-electron chi connectivity index (χ1n) is 26.1. The number of allylic oxidation sites excluding steroid dienone is 1. The molecule has 6 atom stereocenters. The first-order chi connectivity index (χ1) is 34.5. The van der Waals surface area contributed by atoms with Crippen LogP contribution in [-0.2, 0) is 9.53 Å². The highest BCUT2D eigenvalue weighted by atomic mass is 19.1. The lowest BCUT2D eigenvalue weighted by Gasteiger charge is -2.38. The van der Waals surface area contributed by atoms with Crippen molar-refractivity contribution < 1.29 is 27.6 Å². The van der Waals surface area contributed by atoms with E-state index in [1.54, 1.807) is 57.3 Å². The number of anilines is 1. The van der Waals surface area contributed by atoms with Crippen molar-refractivity contribution in [2.45, 2.75) is 145 Å². The van der Waals surface area contributed by atoms with Gasteiger partial charge in [-0.05, 0) is 151 Å². The van der Waals surface area contributed by atoms with Gasteiger partial charge in [-0.3, -0.25) is 33.5 Å². The molecular formula is C58H79F2N8O5+. The Labute approximate surface area is 430 Å². The van der Waals surface area contributed by atoms with E-state index in [4.69, 9.17) is 15.5 Å². The molecule has 1 saturated heterocycles. The van der Waals surface area contributed by atoms with Crippen LogP contribution < -0.4 is 20.9 Å². The highest BCUT2D eigenvalue weighted by molar-refractivity contribution is 6.05. The number of amides is 2. The number of nitrogens with zero attached hydrogens (tertiary/aromatic N) is 5. The Morgan fingerprint density at radius 3 is 2.30 bits per heavy atom. The van der Waals surface area contributed by atoms with Crippen LogP contribution in [0, 0.1) is 37.3 Å². The number of aromatic nitrogens is 3. The number of fused-ring (bicyclic) bond motifs is 1. The van der Waals surface area contributed by atoms with Gasteiger partial charge < -0.3 is 20.4 Å². The largest absolute Gasteiger partial charge is 0.438 e. The average molecular weight is 1010 g/mol. The smallest absolute Gasteiger partial charge is 0.402 e. The van der Waals surface area contributed by atoms with Crippen molar-refractivity contribution in [3.05, 3.63) is 129 Å². The molecule has 3 aromatic carbocycles. The minimum atomic E-state index is -0.450. The van der Waals surface area contributed by atoms with Gasteiger partial charge in [-0.15, -0.1) is 0 Å². The Hall–Kier alpha value is -6.19. The Morgan fingerprint density at radius 2 is 1.74 bits per heavy atom. The number of hydrogen-bond donors (Lipinski definition) is 3. The Bertz CT molecular complexity index is 2890. The number of nitrogens with one attached hydrogen (secondary N) is 2. The van der Waals surface area contributed by atoms with E-state index in [0.717, 1.165) is 78.8 Å². The second kappa shape index (κ2) is 23.8. The Balaban J connectivity index is 0.000000224. The molecule has 1 saturated carbocycles. The maximum atomic E-state index is 14.6. The molecule has 4 N–H and O–H groups in total. The number of nitrogens with two attached hydrogens (primary N) is 1. The van der Waals surface area contributed by atoms with Crippen LogP contribution in [0.2, 0.25) is 0 Å². The number of aryl methyl sites for hydroxylation is 2. The van der Waals surface area contributed by atoms with E-state index in [0.29, 0.717) is 81.8 Å². The number of benzene rings is 3. The summed E-state index contributed by atoms with van der Waals surface area (Å²) in [6.45, 7) is 26.4. The van der Waals surface area contributed by atoms with Gasteiger partial charge in [0.1, 0.15) is 17.2 Å². The zero-order valence-corrected chi connectivity index (χ0v) is 45.4. The molecule has 2 amide bonds. The number of aliphatic imine (C=N–C) groups is 1. The van der Waals surface area contributed by atoms with Gasteiger partial charge in [0.25, 0.3) is 5.91 Å². The van der Waals surface area contributed by atoms with E-state index in [1.807, 2.05) is 17.0 Å². The number of quaternary nitrogens is 1. The Morgan fingerprint density at radius 1 is 1.04 bits per heavy atom. The first-order valence-corrected chi connectivity index (χ1v) is 26.1. The molecule has 0 spiro atoms. The molecule has 0 radical (unpaired) electrons. The Kier molecular flexibility index (Phi) is 18.3. The van der Waals surface area contributed by atoms with E-state index in [-0.39, 0.29) is 35.0 Å². The molecule has 4 heterocycles. The van der Waals surface area contributed by atoms with E-state index >= 15 is 0 Å². The van der Waals surface area contributed by atoms with Crippen molar-refractivity contribution in [1.29, 1.82) is 0 Å². The van der Waals surface area contributed by atoms with Crippen LogP contribution in [-0.4, -0.2) is 82.5 Å². The molecule has 13 nitrogen and oxygen atoms in total. The van der Waals surface area contributed by atoms with Crippen LogP contribution in [0.4, 0.5) is 25.8 Å². The maximum Gasteiger partial charge on any atom is 0.438 e. The summed E-state index contributed by atoms with van der Waals surface area (Å²) in [5.74, 6) is 1.10. The summed E-state index contributed by atoms with van der Waals surface area (Å²) < 4.78 is 39.8. The third-order valence-electron chi connectivity index (χ3n) is 15.3. The summed E-state index contributed by atoms with van der Waals surface area (Å²) >= 11 is 0. The molecule has 2 aromatic heterocycles. The van der Waals surface area contributed by atoms with Gasteiger partial charge in [0, 0.05) is 79.5 Å². The van der Waals surface area contributed by atoms with Gasteiger partial charge in [-0.1, -0.05) is 45.0 Å². The molecule has 5 aromatic rings. The predicted molar refractivity (Wildman–Crippen MR) is 290 cm³/mol. The van der Waals surface area contributed by atoms with E-state index < -0.39 is 5.76 Å². The number of ether oxygens (including phenoxy) is 1. The molecule has 8 rings (SSSR count). The van der Waals surface area contributed by atoms with Crippen LogP contribution in [0.5, 0.6) is 0 Å². The lowest BCUT2D eigenvalue weighted by molar-refractivity contribution is -0.116. The summed E-state index contributed by atoms with van der Waals surface area (Å²) in [6, 6.07) is 17.6. The summed E-state index contributed by atoms with van der Waals surface area (Å²) in [6.07, 6.45) is 8.89. The van der Waals surface area contributed by atoms with Gasteiger partial charge in [0.05, 0.1) is 42.3 Å². The van der Waals surface area contributed by atoms with E-state index in [1.165, 1.54) is 17.4 Å². The second-order valence-corrected chi connectivity index (χ2v) is 21.2. The van der Waals surface area contributed by atoms with Crippen molar-refractivity contribution in [3.63, 3.8) is 0 Å². The summed E-state index contributed by atoms with van der Waals surface area (Å²) in [5, 5.41) is 4.63. The first kappa shape index (κ1) is 56.1. The van der Waals surface area contributed by atoms with Crippen LogP contribution in [0.25, 0.3) is 10.9 Å². The fraction of sp³-hybridized carbons (Fsp3) is 0.500. The third-order valence-corrected chi connectivity index (χ3v) is 15.3. The third kappa shape index (κ3) is 13.3. The second-order valence-electron chi connectivity index (χ2n) is 21.2. The highest BCUT2D eigenvalue weighted by Crippen LogP contribution is 2.45. The highest BCUT2D eigenvalue weighted by Gasteiger charge is 2.37. The molecule has 6 unspecified atom stereocenters. The summed E-state index contributed by atoms with van der Waals surface area (Å²) in [5.41, 5.74) is 14.9. The molecule has 3 aliphatic rings. The van der Waals surface area contributed by atoms with E-state index in [2.05, 4.69) is 100 Å². The van der Waals surface area contributed by atoms with Crippen molar-refractivity contribution in [3.8, 4) is 0 Å².